The van der Waals surface area contributed by atoms with Gasteiger partial charge >= 0.3 is 0 Å². The van der Waals surface area contributed by atoms with Gasteiger partial charge in [0.05, 0.1) is 6.54 Å². The lowest BCUT2D eigenvalue weighted by atomic mass is 10.2. The molecule has 0 amide bonds. The van der Waals surface area contributed by atoms with E-state index in [-0.39, 0.29) is 13.0 Å². The van der Waals surface area contributed by atoms with Crippen LogP contribution < -0.4 is 4.74 Å². The Balaban J connectivity index is 1.72. The van der Waals surface area contributed by atoms with E-state index in [4.69, 9.17) is 4.74 Å². The minimum Gasteiger partial charge on any atom is -0.489 e. The smallest absolute Gasteiger partial charge is 0.261 e. The molecule has 5 heteroatoms. The topological polar surface area (TPSA) is 12.5 Å². The molecule has 0 atom stereocenters. The van der Waals surface area contributed by atoms with E-state index in [1.54, 1.807) is 4.90 Å². The molecule has 0 spiro atoms. The van der Waals surface area contributed by atoms with Crippen LogP contribution in [-0.2, 0) is 13.2 Å². The van der Waals surface area contributed by atoms with E-state index in [2.05, 4.69) is 15.9 Å². The minimum absolute atomic E-state index is 0.0718. The van der Waals surface area contributed by atoms with Crippen LogP contribution >= 0.6 is 15.9 Å². The summed E-state index contributed by atoms with van der Waals surface area (Å²) in [5.74, 6) is -1.84. The predicted molar refractivity (Wildman–Crippen MR) is 89.8 cm³/mol. The molecule has 1 heterocycles. The maximum absolute atomic E-state index is 13.4. The molecule has 1 saturated heterocycles. The molecule has 0 unspecified atom stereocenters. The van der Waals surface area contributed by atoms with Gasteiger partial charge in [-0.15, -0.1) is 0 Å². The Morgan fingerprint density at radius 1 is 1.09 bits per heavy atom. The fourth-order valence-corrected chi connectivity index (χ4v) is 3.20. The number of hydrogen-bond donors (Lipinski definition) is 0. The van der Waals surface area contributed by atoms with Gasteiger partial charge in [-0.1, -0.05) is 52.3 Å². The monoisotopic (exact) mass is 381 g/mol. The van der Waals surface area contributed by atoms with E-state index in [0.717, 1.165) is 21.3 Å². The number of hydrogen-bond acceptors (Lipinski definition) is 2. The molecule has 2 nitrogen and oxygen atoms in total. The third-order valence-electron chi connectivity index (χ3n) is 3.94. The van der Waals surface area contributed by atoms with Gasteiger partial charge in [0, 0.05) is 29.5 Å². The summed E-state index contributed by atoms with van der Waals surface area (Å²) in [6.45, 7) is 1.14. The third kappa shape index (κ3) is 4.30. The van der Waals surface area contributed by atoms with Crippen LogP contribution in [0.25, 0.3) is 0 Å². The van der Waals surface area contributed by atoms with Crippen molar-refractivity contribution in [1.29, 1.82) is 0 Å². The van der Waals surface area contributed by atoms with Crippen LogP contribution in [0.15, 0.2) is 53.0 Å². The van der Waals surface area contributed by atoms with Gasteiger partial charge in [-0.05, 0) is 17.7 Å². The van der Waals surface area contributed by atoms with E-state index < -0.39 is 5.92 Å². The highest BCUT2D eigenvalue weighted by atomic mass is 79.9. The molecule has 0 aliphatic carbocycles. The Labute approximate surface area is 143 Å². The minimum atomic E-state index is -2.58. The predicted octanol–water partition coefficient (Wildman–Crippen LogP) is 4.87. The highest BCUT2D eigenvalue weighted by Gasteiger charge is 2.38. The molecule has 0 bridgehead atoms. The Morgan fingerprint density at radius 3 is 2.57 bits per heavy atom. The van der Waals surface area contributed by atoms with Crippen molar-refractivity contribution in [3.05, 3.63) is 64.1 Å². The van der Waals surface area contributed by atoms with Crippen LogP contribution in [0.5, 0.6) is 5.75 Å². The molecule has 3 rings (SSSR count). The average molecular weight is 382 g/mol. The van der Waals surface area contributed by atoms with Crippen LogP contribution in [0, 0.1) is 0 Å². The molecule has 1 fully saturated rings. The quantitative estimate of drug-likeness (QED) is 0.732. The van der Waals surface area contributed by atoms with Gasteiger partial charge in [0.15, 0.2) is 0 Å². The molecule has 2 aromatic carbocycles. The van der Waals surface area contributed by atoms with Gasteiger partial charge in [-0.2, -0.15) is 0 Å². The molecule has 0 aromatic heterocycles. The summed E-state index contributed by atoms with van der Waals surface area (Å²) in [5.41, 5.74) is 1.99. The van der Waals surface area contributed by atoms with E-state index in [1.165, 1.54) is 0 Å². The van der Waals surface area contributed by atoms with Crippen molar-refractivity contribution in [2.75, 3.05) is 13.1 Å². The second-order valence-corrected chi connectivity index (χ2v) is 6.66. The SMILES string of the molecule is FC1(F)CCN(Cc2c(Br)cccc2OCc2ccccc2)C1. The fraction of sp³-hybridized carbons (Fsp3) is 0.333. The van der Waals surface area contributed by atoms with E-state index in [1.807, 2.05) is 48.5 Å². The summed E-state index contributed by atoms with van der Waals surface area (Å²) >= 11 is 3.52. The molecule has 0 saturated carbocycles. The zero-order chi connectivity index (χ0) is 16.3. The molecular formula is C18H18BrF2NO. The van der Waals surface area contributed by atoms with Gasteiger partial charge in [0.2, 0.25) is 0 Å². The van der Waals surface area contributed by atoms with Crippen LogP contribution in [0.3, 0.4) is 0 Å². The first-order valence-corrected chi connectivity index (χ1v) is 8.37. The highest BCUT2D eigenvalue weighted by molar-refractivity contribution is 9.10. The van der Waals surface area contributed by atoms with E-state index in [9.17, 15) is 8.78 Å². The lowest BCUT2D eigenvalue weighted by Crippen LogP contribution is -2.25. The summed E-state index contributed by atoms with van der Waals surface area (Å²) in [5, 5.41) is 0. The van der Waals surface area contributed by atoms with Gasteiger partial charge in [0.25, 0.3) is 5.92 Å². The summed E-state index contributed by atoms with van der Waals surface area (Å²) in [4.78, 5) is 1.77. The number of ether oxygens (including phenoxy) is 1. The first kappa shape index (κ1) is 16.4. The number of rotatable bonds is 5. The third-order valence-corrected chi connectivity index (χ3v) is 4.69. The molecule has 2 aromatic rings. The van der Waals surface area contributed by atoms with Crippen molar-refractivity contribution in [2.24, 2.45) is 0 Å². The van der Waals surface area contributed by atoms with Gasteiger partial charge < -0.3 is 4.74 Å². The molecule has 122 valence electrons. The summed E-state index contributed by atoms with van der Waals surface area (Å²) in [6, 6.07) is 15.6. The number of benzene rings is 2. The lowest BCUT2D eigenvalue weighted by Gasteiger charge is -2.19. The van der Waals surface area contributed by atoms with Crippen LogP contribution in [0.1, 0.15) is 17.5 Å². The first-order valence-electron chi connectivity index (χ1n) is 7.58. The van der Waals surface area contributed by atoms with Crippen LogP contribution in [0.2, 0.25) is 0 Å². The summed E-state index contributed by atoms with van der Waals surface area (Å²) < 4.78 is 33.6. The summed E-state index contributed by atoms with van der Waals surface area (Å²) in [6.07, 6.45) is -0.0718. The highest BCUT2D eigenvalue weighted by Crippen LogP contribution is 2.33. The zero-order valence-corrected chi connectivity index (χ0v) is 14.2. The molecule has 1 aliphatic rings. The maximum atomic E-state index is 13.4. The Bertz CT molecular complexity index is 663. The normalized spacial score (nSPS) is 17.3. The van der Waals surface area contributed by atoms with E-state index in [0.29, 0.717) is 19.7 Å². The number of likely N-dealkylation sites (tertiary alicyclic amines) is 1. The van der Waals surface area contributed by atoms with Crippen molar-refractivity contribution in [3.63, 3.8) is 0 Å². The van der Waals surface area contributed by atoms with Crippen molar-refractivity contribution in [3.8, 4) is 5.75 Å². The number of alkyl halides is 2. The molecule has 23 heavy (non-hydrogen) atoms. The van der Waals surface area contributed by atoms with Crippen molar-refractivity contribution in [1.82, 2.24) is 4.90 Å². The van der Waals surface area contributed by atoms with Crippen molar-refractivity contribution >= 4 is 15.9 Å². The zero-order valence-electron chi connectivity index (χ0n) is 12.6. The lowest BCUT2D eigenvalue weighted by molar-refractivity contribution is 0.0114. The molecule has 0 radical (unpaired) electrons. The van der Waals surface area contributed by atoms with Crippen molar-refractivity contribution in [2.45, 2.75) is 25.5 Å². The largest absolute Gasteiger partial charge is 0.489 e. The van der Waals surface area contributed by atoms with Crippen LogP contribution in [-0.4, -0.2) is 23.9 Å². The maximum Gasteiger partial charge on any atom is 0.261 e. The summed E-state index contributed by atoms with van der Waals surface area (Å²) in [7, 11) is 0. The number of nitrogens with zero attached hydrogens (tertiary/aromatic N) is 1. The molecule has 1 aliphatic heterocycles. The Morgan fingerprint density at radius 2 is 1.87 bits per heavy atom. The number of halogens is 3. The van der Waals surface area contributed by atoms with E-state index >= 15 is 0 Å². The fourth-order valence-electron chi connectivity index (χ4n) is 2.73. The average Bonchev–Trinajstić information content (AvgIpc) is 2.88. The van der Waals surface area contributed by atoms with Crippen molar-refractivity contribution < 1.29 is 13.5 Å². The second-order valence-electron chi connectivity index (χ2n) is 5.81. The van der Waals surface area contributed by atoms with Gasteiger partial charge in [-0.3, -0.25) is 4.90 Å². The Hall–Kier alpha value is -1.46. The second kappa shape index (κ2) is 6.97. The van der Waals surface area contributed by atoms with Crippen LogP contribution in [0.4, 0.5) is 8.78 Å². The molecular weight excluding hydrogens is 364 g/mol. The van der Waals surface area contributed by atoms with Gasteiger partial charge in [0.1, 0.15) is 12.4 Å². The Kier molecular flexibility index (Phi) is 4.97. The molecule has 0 N–H and O–H groups in total. The van der Waals surface area contributed by atoms with Gasteiger partial charge in [-0.25, -0.2) is 8.78 Å². The first-order chi connectivity index (χ1) is 11.0. The standard InChI is InChI=1S/C18H18BrF2NO/c19-16-7-4-8-17(23-12-14-5-2-1-3-6-14)15(16)11-22-10-9-18(20,21)13-22/h1-8H,9-13H2.